The standard InChI is InChI=1S/C13H23N5/c1-11(18-7-3-2-4-8-18)10-16-12-5-6-15-13(9-12)17-14/h5-6,9,11H,2-4,7-8,10,14H2,1H3,(H2,15,16,17). The first-order valence-corrected chi connectivity index (χ1v) is 6.70. The van der Waals surface area contributed by atoms with Gasteiger partial charge in [-0.25, -0.2) is 10.8 Å². The number of pyridine rings is 1. The number of nitrogen functional groups attached to an aromatic ring is 1. The Morgan fingerprint density at radius 3 is 2.89 bits per heavy atom. The number of piperidine rings is 1. The maximum absolute atomic E-state index is 5.34. The molecule has 2 heterocycles. The van der Waals surface area contributed by atoms with E-state index in [9.17, 15) is 0 Å². The van der Waals surface area contributed by atoms with Crippen LogP contribution < -0.4 is 16.6 Å². The van der Waals surface area contributed by atoms with E-state index in [1.807, 2.05) is 12.1 Å². The van der Waals surface area contributed by atoms with Crippen molar-refractivity contribution in [3.8, 4) is 0 Å². The van der Waals surface area contributed by atoms with Crippen molar-refractivity contribution in [1.29, 1.82) is 0 Å². The number of anilines is 2. The van der Waals surface area contributed by atoms with Gasteiger partial charge in [-0.05, 0) is 38.9 Å². The molecule has 1 aromatic heterocycles. The number of likely N-dealkylation sites (tertiary alicyclic amines) is 1. The second-order valence-electron chi connectivity index (χ2n) is 4.90. The third kappa shape index (κ3) is 3.58. The maximum atomic E-state index is 5.34. The number of hydrazine groups is 1. The molecular weight excluding hydrogens is 226 g/mol. The molecular formula is C13H23N5. The summed E-state index contributed by atoms with van der Waals surface area (Å²) >= 11 is 0. The summed E-state index contributed by atoms with van der Waals surface area (Å²) in [5, 5.41) is 3.44. The molecule has 0 radical (unpaired) electrons. The zero-order valence-electron chi connectivity index (χ0n) is 11.0. The predicted molar refractivity (Wildman–Crippen MR) is 75.4 cm³/mol. The molecule has 0 bridgehead atoms. The summed E-state index contributed by atoms with van der Waals surface area (Å²) in [6.45, 7) is 5.69. The van der Waals surface area contributed by atoms with Crippen LogP contribution in [-0.2, 0) is 0 Å². The van der Waals surface area contributed by atoms with E-state index in [-0.39, 0.29) is 0 Å². The SMILES string of the molecule is CC(CNc1ccnc(NN)c1)N1CCCCC1. The molecule has 5 heteroatoms. The van der Waals surface area contributed by atoms with E-state index in [1.54, 1.807) is 6.20 Å². The van der Waals surface area contributed by atoms with Crippen molar-refractivity contribution in [2.45, 2.75) is 32.2 Å². The monoisotopic (exact) mass is 249 g/mol. The van der Waals surface area contributed by atoms with Crippen molar-refractivity contribution in [1.82, 2.24) is 9.88 Å². The van der Waals surface area contributed by atoms with E-state index in [0.717, 1.165) is 12.2 Å². The number of rotatable bonds is 5. The van der Waals surface area contributed by atoms with Gasteiger partial charge in [-0.3, -0.25) is 4.90 Å². The second kappa shape index (κ2) is 6.56. The van der Waals surface area contributed by atoms with E-state index < -0.39 is 0 Å². The van der Waals surface area contributed by atoms with Crippen LogP contribution in [0.2, 0.25) is 0 Å². The summed E-state index contributed by atoms with van der Waals surface area (Å²) in [4.78, 5) is 6.64. The Balaban J connectivity index is 1.82. The zero-order chi connectivity index (χ0) is 12.8. The molecule has 100 valence electrons. The van der Waals surface area contributed by atoms with Gasteiger partial charge in [0.05, 0.1) is 0 Å². The van der Waals surface area contributed by atoms with Crippen molar-refractivity contribution in [2.75, 3.05) is 30.4 Å². The van der Waals surface area contributed by atoms with Crippen molar-refractivity contribution in [3.63, 3.8) is 0 Å². The van der Waals surface area contributed by atoms with Crippen molar-refractivity contribution < 1.29 is 0 Å². The van der Waals surface area contributed by atoms with Gasteiger partial charge in [-0.15, -0.1) is 0 Å². The minimum absolute atomic E-state index is 0.563. The highest BCUT2D eigenvalue weighted by atomic mass is 15.2. The van der Waals surface area contributed by atoms with Crippen molar-refractivity contribution in [3.05, 3.63) is 18.3 Å². The number of nitrogens with one attached hydrogen (secondary N) is 2. The highest BCUT2D eigenvalue weighted by Gasteiger charge is 2.16. The Hall–Kier alpha value is -1.33. The molecule has 1 atom stereocenters. The Morgan fingerprint density at radius 2 is 2.17 bits per heavy atom. The van der Waals surface area contributed by atoms with Crippen LogP contribution in [-0.4, -0.2) is 35.6 Å². The second-order valence-corrected chi connectivity index (χ2v) is 4.90. The van der Waals surface area contributed by atoms with E-state index in [4.69, 9.17) is 5.84 Å². The minimum atomic E-state index is 0.563. The molecule has 1 aliphatic heterocycles. The summed E-state index contributed by atoms with van der Waals surface area (Å²) in [6.07, 6.45) is 5.80. The smallest absolute Gasteiger partial charge is 0.141 e. The topological polar surface area (TPSA) is 66.2 Å². The number of hydrogen-bond acceptors (Lipinski definition) is 5. The molecule has 0 saturated carbocycles. The van der Waals surface area contributed by atoms with Crippen molar-refractivity contribution >= 4 is 11.5 Å². The van der Waals surface area contributed by atoms with E-state index >= 15 is 0 Å². The molecule has 1 aliphatic rings. The third-order valence-electron chi connectivity index (χ3n) is 3.52. The number of nitrogens with zero attached hydrogens (tertiary/aromatic N) is 2. The first-order valence-electron chi connectivity index (χ1n) is 6.70. The normalized spacial score (nSPS) is 18.3. The molecule has 4 N–H and O–H groups in total. The molecule has 2 rings (SSSR count). The summed E-state index contributed by atoms with van der Waals surface area (Å²) in [7, 11) is 0. The Morgan fingerprint density at radius 1 is 1.39 bits per heavy atom. The lowest BCUT2D eigenvalue weighted by atomic mass is 10.1. The van der Waals surface area contributed by atoms with Gasteiger partial charge in [0.15, 0.2) is 0 Å². The Bertz CT molecular complexity index is 362. The van der Waals surface area contributed by atoms with Crippen LogP contribution in [0.3, 0.4) is 0 Å². The molecule has 1 unspecified atom stereocenters. The zero-order valence-corrected chi connectivity index (χ0v) is 11.0. The van der Waals surface area contributed by atoms with Gasteiger partial charge in [0.25, 0.3) is 0 Å². The molecule has 18 heavy (non-hydrogen) atoms. The summed E-state index contributed by atoms with van der Waals surface area (Å²) in [6, 6.07) is 4.44. The van der Waals surface area contributed by atoms with Gasteiger partial charge in [0.2, 0.25) is 0 Å². The lowest BCUT2D eigenvalue weighted by Crippen LogP contribution is -2.41. The Labute approximate surface area is 109 Å². The lowest BCUT2D eigenvalue weighted by molar-refractivity contribution is 0.180. The maximum Gasteiger partial charge on any atom is 0.141 e. The van der Waals surface area contributed by atoms with E-state index in [0.29, 0.717) is 11.9 Å². The summed E-state index contributed by atoms with van der Waals surface area (Å²) in [5.74, 6) is 6.03. The minimum Gasteiger partial charge on any atom is -0.383 e. The summed E-state index contributed by atoms with van der Waals surface area (Å²) < 4.78 is 0. The van der Waals surface area contributed by atoms with Crippen LogP contribution in [0.5, 0.6) is 0 Å². The van der Waals surface area contributed by atoms with Crippen LogP contribution >= 0.6 is 0 Å². The van der Waals surface area contributed by atoms with Gasteiger partial charge in [-0.2, -0.15) is 0 Å². The molecule has 1 fully saturated rings. The molecule has 0 spiro atoms. The van der Waals surface area contributed by atoms with E-state index in [2.05, 4.69) is 27.6 Å². The van der Waals surface area contributed by atoms with Gasteiger partial charge in [0.1, 0.15) is 5.82 Å². The van der Waals surface area contributed by atoms with Crippen LogP contribution in [0.4, 0.5) is 11.5 Å². The number of aromatic nitrogens is 1. The fourth-order valence-electron chi connectivity index (χ4n) is 2.37. The van der Waals surface area contributed by atoms with Gasteiger partial charge < -0.3 is 10.7 Å². The van der Waals surface area contributed by atoms with Crippen molar-refractivity contribution in [2.24, 2.45) is 5.84 Å². The largest absolute Gasteiger partial charge is 0.383 e. The van der Waals surface area contributed by atoms with Gasteiger partial charge in [-0.1, -0.05) is 6.42 Å². The van der Waals surface area contributed by atoms with Gasteiger partial charge in [0, 0.05) is 30.5 Å². The van der Waals surface area contributed by atoms with Crippen LogP contribution in [0.1, 0.15) is 26.2 Å². The molecule has 0 aromatic carbocycles. The number of hydrogen-bond donors (Lipinski definition) is 3. The molecule has 1 aromatic rings. The molecule has 0 amide bonds. The average Bonchev–Trinajstić information content (AvgIpc) is 2.46. The quantitative estimate of drug-likeness (QED) is 0.547. The first-order chi connectivity index (χ1) is 8.79. The van der Waals surface area contributed by atoms with Crippen LogP contribution in [0, 0.1) is 0 Å². The Kier molecular flexibility index (Phi) is 4.78. The summed E-state index contributed by atoms with van der Waals surface area (Å²) in [5.41, 5.74) is 3.61. The van der Waals surface area contributed by atoms with Gasteiger partial charge >= 0.3 is 0 Å². The number of nitrogens with two attached hydrogens (primary N) is 1. The predicted octanol–water partition coefficient (Wildman–Crippen LogP) is 1.65. The fraction of sp³-hybridized carbons (Fsp3) is 0.615. The van der Waals surface area contributed by atoms with Crippen LogP contribution in [0.15, 0.2) is 18.3 Å². The highest BCUT2D eigenvalue weighted by Crippen LogP contribution is 2.14. The molecule has 0 aliphatic carbocycles. The third-order valence-corrected chi connectivity index (χ3v) is 3.52. The highest BCUT2D eigenvalue weighted by molar-refractivity contribution is 5.51. The van der Waals surface area contributed by atoms with E-state index in [1.165, 1.54) is 32.4 Å². The molecule has 1 saturated heterocycles. The average molecular weight is 249 g/mol. The first kappa shape index (κ1) is 13.1. The van der Waals surface area contributed by atoms with Crippen LogP contribution in [0.25, 0.3) is 0 Å². The lowest BCUT2D eigenvalue weighted by Gasteiger charge is -2.32. The fourth-order valence-corrected chi connectivity index (χ4v) is 2.37. The molecule has 5 nitrogen and oxygen atoms in total.